The first kappa shape index (κ1) is 94.4. The van der Waals surface area contributed by atoms with Crippen molar-refractivity contribution in [2.24, 2.45) is 5.41 Å². The number of hydrogen-bond donors (Lipinski definition) is 1. The summed E-state index contributed by atoms with van der Waals surface area (Å²) in [6.07, 6.45) is 102. The molecule has 7 heteroatoms. The molecule has 0 aliphatic heterocycles. The van der Waals surface area contributed by atoms with Gasteiger partial charge in [-0.05, 0) is 19.3 Å². The summed E-state index contributed by atoms with van der Waals surface area (Å²) in [5.74, 6) is -0.943. The number of carbonyl (C=O) groups is 3. The first-order valence-corrected chi connectivity index (χ1v) is 44.5. The van der Waals surface area contributed by atoms with Gasteiger partial charge in [-0.2, -0.15) is 0 Å². The molecule has 7 nitrogen and oxygen atoms in total. The fourth-order valence-corrected chi connectivity index (χ4v) is 14.4. The van der Waals surface area contributed by atoms with Crippen LogP contribution in [0.15, 0.2) is 0 Å². The maximum Gasteiger partial charge on any atom is 0.305 e. The van der Waals surface area contributed by atoms with Crippen molar-refractivity contribution >= 4 is 17.9 Å². The number of carbonyl (C=O) groups excluding carboxylic acids is 3. The SMILES string of the molecule is CCCCCCCCCCCCCCCCCCCCCCCCCCCC(=O)OCC(CO)(COC(=O)CCCCCCCCCCCCCCCCCCCCCCCCCCC)COC(=O)CCCCCCCCCCCCCCCCCCCCCCCCCCC. The molecule has 0 radical (unpaired) electrons. The van der Waals surface area contributed by atoms with E-state index in [1.54, 1.807) is 0 Å². The maximum absolute atomic E-state index is 13.1. The van der Waals surface area contributed by atoms with Crippen LogP contribution in [0.3, 0.4) is 0 Å². The Kier molecular flexibility index (Phi) is 80.9. The molecule has 0 aliphatic rings. The number of hydrogen-bond acceptors (Lipinski definition) is 7. The molecule has 0 rings (SSSR count). The minimum absolute atomic E-state index is 0.151. The topological polar surface area (TPSA) is 99.1 Å². The van der Waals surface area contributed by atoms with Crippen LogP contribution in [0.5, 0.6) is 0 Å². The van der Waals surface area contributed by atoms with Gasteiger partial charge in [0.05, 0.1) is 12.0 Å². The van der Waals surface area contributed by atoms with Crippen molar-refractivity contribution in [3.05, 3.63) is 0 Å². The summed E-state index contributed by atoms with van der Waals surface area (Å²) in [6.45, 7) is 6.02. The lowest BCUT2D eigenvalue weighted by atomic mass is 9.92. The first-order chi connectivity index (χ1) is 47.4. The van der Waals surface area contributed by atoms with Gasteiger partial charge < -0.3 is 19.3 Å². The number of aliphatic hydroxyl groups is 1. The number of ether oxygens (including phenoxy) is 3. The van der Waals surface area contributed by atoms with E-state index in [2.05, 4.69) is 20.8 Å². The predicted octanol–water partition coefficient (Wildman–Crippen LogP) is 30.1. The zero-order valence-corrected chi connectivity index (χ0v) is 65.9. The third-order valence-electron chi connectivity index (χ3n) is 21.4. The summed E-state index contributed by atoms with van der Waals surface area (Å²) in [7, 11) is 0. The summed E-state index contributed by atoms with van der Waals surface area (Å²) in [4.78, 5) is 39.2. The van der Waals surface area contributed by atoms with Gasteiger partial charge in [0, 0.05) is 19.3 Å². The third kappa shape index (κ3) is 76.5. The highest BCUT2D eigenvalue weighted by molar-refractivity contribution is 5.70. The molecule has 0 spiro atoms. The molecular formula is C89H174O7. The molecule has 0 aliphatic carbocycles. The van der Waals surface area contributed by atoms with E-state index in [9.17, 15) is 19.5 Å². The van der Waals surface area contributed by atoms with Gasteiger partial charge in [0.2, 0.25) is 0 Å². The molecule has 572 valence electrons. The van der Waals surface area contributed by atoms with E-state index in [4.69, 9.17) is 14.2 Å². The normalized spacial score (nSPS) is 11.8. The van der Waals surface area contributed by atoms with Gasteiger partial charge in [0.25, 0.3) is 0 Å². The second-order valence-electron chi connectivity index (χ2n) is 31.3. The summed E-state index contributed by atoms with van der Waals surface area (Å²) >= 11 is 0. The van der Waals surface area contributed by atoms with Crippen molar-refractivity contribution in [1.29, 1.82) is 0 Å². The second-order valence-corrected chi connectivity index (χ2v) is 31.3. The van der Waals surface area contributed by atoms with Gasteiger partial charge in [0.15, 0.2) is 0 Å². The molecule has 0 aromatic rings. The van der Waals surface area contributed by atoms with Gasteiger partial charge in [-0.15, -0.1) is 0 Å². The smallest absolute Gasteiger partial charge is 0.305 e. The molecule has 0 amide bonds. The largest absolute Gasteiger partial charge is 0.465 e. The standard InChI is InChI=1S/C89H174O7/c1-4-7-10-13-16-19-22-25-28-31-34-37-40-43-46-49-52-55-58-61-64-67-70-73-76-79-86(91)94-83-89(82-90,84-95-87(92)80-77-74-71-68-65-62-59-56-53-50-47-44-41-38-35-32-29-26-23-20-17-14-11-8-5-2)85-96-88(93)81-78-75-72-69-66-63-60-57-54-51-48-45-42-39-36-33-30-27-24-21-18-15-12-9-6-3/h90H,4-85H2,1-3H3. The first-order valence-electron chi connectivity index (χ1n) is 44.5. The average Bonchev–Trinajstić information content (AvgIpc) is 1.24. The van der Waals surface area contributed by atoms with E-state index in [-0.39, 0.29) is 37.7 Å². The van der Waals surface area contributed by atoms with Gasteiger partial charge in [-0.3, -0.25) is 14.4 Å². The van der Waals surface area contributed by atoms with Crippen molar-refractivity contribution < 1.29 is 33.7 Å². The molecule has 96 heavy (non-hydrogen) atoms. The van der Waals surface area contributed by atoms with Crippen LogP contribution in [0.25, 0.3) is 0 Å². The molecular weight excluding hydrogens is 1180 g/mol. The maximum atomic E-state index is 13.1. The van der Waals surface area contributed by atoms with Gasteiger partial charge >= 0.3 is 17.9 Å². The fraction of sp³-hybridized carbons (Fsp3) is 0.966. The van der Waals surface area contributed by atoms with Crippen LogP contribution in [-0.4, -0.2) is 49.4 Å². The molecule has 0 fully saturated rings. The Labute approximate surface area is 601 Å². The van der Waals surface area contributed by atoms with E-state index >= 15 is 0 Å². The molecule has 0 heterocycles. The van der Waals surface area contributed by atoms with Crippen LogP contribution in [-0.2, 0) is 28.6 Å². The van der Waals surface area contributed by atoms with Gasteiger partial charge in [-0.25, -0.2) is 0 Å². The minimum Gasteiger partial charge on any atom is -0.465 e. The Hall–Kier alpha value is -1.63. The lowest BCUT2D eigenvalue weighted by Gasteiger charge is -2.30. The van der Waals surface area contributed by atoms with Crippen molar-refractivity contribution in [2.45, 2.75) is 522 Å². The van der Waals surface area contributed by atoms with E-state index < -0.39 is 12.0 Å². The van der Waals surface area contributed by atoms with E-state index in [0.717, 1.165) is 57.8 Å². The number of esters is 3. The van der Waals surface area contributed by atoms with Crippen LogP contribution in [0.4, 0.5) is 0 Å². The van der Waals surface area contributed by atoms with Crippen LogP contribution < -0.4 is 0 Å². The van der Waals surface area contributed by atoms with Crippen LogP contribution in [0.2, 0.25) is 0 Å². The zero-order chi connectivity index (χ0) is 69.3. The molecule has 0 saturated carbocycles. The minimum atomic E-state index is -1.19. The summed E-state index contributed by atoms with van der Waals surface area (Å²) < 4.78 is 17.3. The fourth-order valence-electron chi connectivity index (χ4n) is 14.4. The van der Waals surface area contributed by atoms with Gasteiger partial charge in [0.1, 0.15) is 19.8 Å². The Morgan fingerprint density at radius 1 is 0.188 bits per heavy atom. The summed E-state index contributed by atoms with van der Waals surface area (Å²) in [5, 5.41) is 10.8. The molecule has 0 aromatic heterocycles. The van der Waals surface area contributed by atoms with Crippen LogP contribution in [0.1, 0.15) is 522 Å². The number of rotatable bonds is 85. The number of unbranched alkanes of at least 4 members (excludes halogenated alkanes) is 72. The summed E-state index contributed by atoms with van der Waals surface area (Å²) in [5.41, 5.74) is -1.19. The van der Waals surface area contributed by atoms with Crippen molar-refractivity contribution in [2.75, 3.05) is 26.4 Å². The highest BCUT2D eigenvalue weighted by atomic mass is 16.6. The summed E-state index contributed by atoms with van der Waals surface area (Å²) in [6, 6.07) is 0. The Morgan fingerprint density at radius 3 is 0.396 bits per heavy atom. The van der Waals surface area contributed by atoms with Gasteiger partial charge in [-0.1, -0.05) is 483 Å². The molecule has 0 unspecified atom stereocenters. The van der Waals surface area contributed by atoms with E-state index in [0.29, 0.717) is 19.3 Å². The van der Waals surface area contributed by atoms with Crippen molar-refractivity contribution in [3.63, 3.8) is 0 Å². The van der Waals surface area contributed by atoms with E-state index in [1.807, 2.05) is 0 Å². The molecule has 0 saturated heterocycles. The van der Waals surface area contributed by atoms with Crippen LogP contribution >= 0.6 is 0 Å². The number of aliphatic hydroxyl groups excluding tert-OH is 1. The monoisotopic (exact) mass is 1360 g/mol. The van der Waals surface area contributed by atoms with Crippen LogP contribution in [0, 0.1) is 5.41 Å². The van der Waals surface area contributed by atoms with E-state index in [1.165, 1.54) is 424 Å². The Balaban J connectivity index is 4.41. The highest BCUT2D eigenvalue weighted by Crippen LogP contribution is 2.24. The average molecular weight is 1360 g/mol. The molecule has 0 atom stereocenters. The quantitative estimate of drug-likeness (QED) is 0.0368. The second kappa shape index (κ2) is 82.3. The highest BCUT2D eigenvalue weighted by Gasteiger charge is 2.35. The lowest BCUT2D eigenvalue weighted by molar-refractivity contribution is -0.165. The molecule has 0 bridgehead atoms. The third-order valence-corrected chi connectivity index (χ3v) is 21.4. The molecule has 1 N–H and O–H groups in total. The predicted molar refractivity (Wildman–Crippen MR) is 420 cm³/mol. The Morgan fingerprint density at radius 2 is 0.292 bits per heavy atom. The molecule has 0 aromatic carbocycles. The Bertz CT molecular complexity index is 1330. The van der Waals surface area contributed by atoms with Crippen molar-refractivity contribution in [3.8, 4) is 0 Å². The van der Waals surface area contributed by atoms with Crippen molar-refractivity contribution in [1.82, 2.24) is 0 Å². The zero-order valence-electron chi connectivity index (χ0n) is 65.9. The lowest BCUT2D eigenvalue weighted by Crippen LogP contribution is -2.42.